The maximum Gasteiger partial charge on any atom is 0.191 e. The zero-order valence-corrected chi connectivity index (χ0v) is 20.9. The second kappa shape index (κ2) is 12.5. The monoisotopic (exact) mass is 544 g/mol. The second-order valence-electron chi connectivity index (χ2n) is 8.08. The first-order chi connectivity index (χ1) is 15.3. The molecule has 1 fully saturated rings. The molecule has 1 atom stereocenters. The highest BCUT2D eigenvalue weighted by molar-refractivity contribution is 14.0. The van der Waals surface area contributed by atoms with E-state index < -0.39 is 0 Å². The fourth-order valence-electron chi connectivity index (χ4n) is 4.01. The van der Waals surface area contributed by atoms with Crippen molar-refractivity contribution >= 4 is 35.6 Å². The number of nitrogens with one attached hydrogen (secondary N) is 2. The molecule has 2 heterocycles. The number of para-hydroxylation sites is 1. The fraction of sp³-hybridized carbons (Fsp3) is 0.346. The molecule has 1 unspecified atom stereocenters. The van der Waals surface area contributed by atoms with Crippen LogP contribution in [0, 0.1) is 0 Å². The van der Waals surface area contributed by atoms with Gasteiger partial charge in [0.1, 0.15) is 5.76 Å². The van der Waals surface area contributed by atoms with Crippen molar-refractivity contribution in [2.45, 2.75) is 38.3 Å². The highest BCUT2D eigenvalue weighted by Gasteiger charge is 2.21. The standard InChI is InChI=1S/C26H32N4O.HI/c1-21(22-9-4-2-5-10-22)28-26(27-17-14-25-13-8-20-31-25)29-23-15-18-30(19-16-23)24-11-6-3-7-12-24;/h2-13,20-21,23H,14-19H2,1H3,(H2,27,28,29);1H. The Balaban J connectivity index is 0.00000289. The van der Waals surface area contributed by atoms with Crippen LogP contribution in [0.25, 0.3) is 0 Å². The maximum absolute atomic E-state index is 5.45. The number of aliphatic imine (C=N–C) groups is 1. The van der Waals surface area contributed by atoms with E-state index >= 15 is 0 Å². The van der Waals surface area contributed by atoms with Gasteiger partial charge in [-0.1, -0.05) is 48.5 Å². The number of nitrogens with zero attached hydrogens (tertiary/aromatic N) is 2. The molecule has 0 radical (unpaired) electrons. The van der Waals surface area contributed by atoms with Crippen molar-refractivity contribution in [3.8, 4) is 0 Å². The van der Waals surface area contributed by atoms with Gasteiger partial charge in [0.05, 0.1) is 12.3 Å². The Bertz CT molecular complexity index is 923. The lowest BCUT2D eigenvalue weighted by Crippen LogP contribution is -2.49. The number of benzene rings is 2. The van der Waals surface area contributed by atoms with Gasteiger partial charge in [-0.25, -0.2) is 0 Å². The third kappa shape index (κ3) is 7.02. The molecule has 1 aromatic heterocycles. The summed E-state index contributed by atoms with van der Waals surface area (Å²) in [4.78, 5) is 7.32. The Morgan fingerprint density at radius 2 is 1.69 bits per heavy atom. The lowest BCUT2D eigenvalue weighted by Gasteiger charge is -2.35. The molecular weight excluding hydrogens is 511 g/mol. The van der Waals surface area contributed by atoms with Crippen LogP contribution < -0.4 is 15.5 Å². The van der Waals surface area contributed by atoms with Gasteiger partial charge in [0, 0.05) is 37.8 Å². The van der Waals surface area contributed by atoms with Gasteiger partial charge >= 0.3 is 0 Å². The van der Waals surface area contributed by atoms with Crippen LogP contribution in [0.3, 0.4) is 0 Å². The number of halogens is 1. The summed E-state index contributed by atoms with van der Waals surface area (Å²) in [6.45, 7) is 4.97. The number of piperidine rings is 1. The van der Waals surface area contributed by atoms with Gasteiger partial charge in [-0.2, -0.15) is 0 Å². The zero-order chi connectivity index (χ0) is 21.3. The molecule has 1 aliphatic rings. The summed E-state index contributed by atoms with van der Waals surface area (Å²) in [6.07, 6.45) is 4.70. The number of hydrogen-bond donors (Lipinski definition) is 2. The van der Waals surface area contributed by atoms with Crippen molar-refractivity contribution in [1.82, 2.24) is 10.6 Å². The van der Waals surface area contributed by atoms with Crippen molar-refractivity contribution in [2.24, 2.45) is 4.99 Å². The first kappa shape index (κ1) is 24.2. The topological polar surface area (TPSA) is 52.8 Å². The van der Waals surface area contributed by atoms with Gasteiger partial charge in [-0.15, -0.1) is 24.0 Å². The van der Waals surface area contributed by atoms with Crippen LogP contribution in [0.15, 0.2) is 88.5 Å². The average Bonchev–Trinajstić information content (AvgIpc) is 3.34. The molecule has 0 spiro atoms. The molecule has 5 nitrogen and oxygen atoms in total. The highest BCUT2D eigenvalue weighted by Crippen LogP contribution is 2.19. The van der Waals surface area contributed by atoms with Crippen LogP contribution in [0.5, 0.6) is 0 Å². The van der Waals surface area contributed by atoms with Crippen molar-refractivity contribution in [2.75, 3.05) is 24.5 Å². The minimum atomic E-state index is 0. The Kier molecular flexibility index (Phi) is 9.46. The summed E-state index contributed by atoms with van der Waals surface area (Å²) in [5, 5.41) is 7.29. The molecule has 0 aliphatic carbocycles. The first-order valence-electron chi connectivity index (χ1n) is 11.2. The predicted molar refractivity (Wildman–Crippen MR) is 143 cm³/mol. The fourth-order valence-corrected chi connectivity index (χ4v) is 4.01. The van der Waals surface area contributed by atoms with Crippen LogP contribution in [0.2, 0.25) is 0 Å². The molecule has 170 valence electrons. The summed E-state index contributed by atoms with van der Waals surface area (Å²) in [5.41, 5.74) is 2.56. The summed E-state index contributed by atoms with van der Waals surface area (Å²) >= 11 is 0. The van der Waals surface area contributed by atoms with Crippen LogP contribution in [0.4, 0.5) is 5.69 Å². The lowest BCUT2D eigenvalue weighted by atomic mass is 10.0. The first-order valence-corrected chi connectivity index (χ1v) is 11.2. The Morgan fingerprint density at radius 1 is 1.00 bits per heavy atom. The van der Waals surface area contributed by atoms with E-state index in [0.29, 0.717) is 12.6 Å². The lowest BCUT2D eigenvalue weighted by molar-refractivity contribution is 0.458. The van der Waals surface area contributed by atoms with Gasteiger partial charge in [0.2, 0.25) is 0 Å². The largest absolute Gasteiger partial charge is 0.469 e. The van der Waals surface area contributed by atoms with Crippen LogP contribution in [-0.4, -0.2) is 31.6 Å². The van der Waals surface area contributed by atoms with E-state index in [1.807, 2.05) is 18.2 Å². The van der Waals surface area contributed by atoms with E-state index in [4.69, 9.17) is 9.41 Å². The van der Waals surface area contributed by atoms with Crippen molar-refractivity contribution in [3.63, 3.8) is 0 Å². The van der Waals surface area contributed by atoms with E-state index in [1.165, 1.54) is 11.3 Å². The third-order valence-corrected chi connectivity index (χ3v) is 5.82. The number of rotatable bonds is 7. The zero-order valence-electron chi connectivity index (χ0n) is 18.6. The van der Waals surface area contributed by atoms with Crippen molar-refractivity contribution < 1.29 is 4.42 Å². The molecule has 0 amide bonds. The summed E-state index contributed by atoms with van der Waals surface area (Å²) < 4.78 is 5.45. The molecule has 3 aromatic rings. The van der Waals surface area contributed by atoms with Gasteiger partial charge in [-0.3, -0.25) is 4.99 Å². The number of furan rings is 1. The summed E-state index contributed by atoms with van der Waals surface area (Å²) in [7, 11) is 0. The van der Waals surface area contributed by atoms with E-state index in [9.17, 15) is 0 Å². The quantitative estimate of drug-likeness (QED) is 0.238. The molecule has 2 N–H and O–H groups in total. The molecular formula is C26H33IN4O. The van der Waals surface area contributed by atoms with Gasteiger partial charge < -0.3 is 20.0 Å². The molecule has 32 heavy (non-hydrogen) atoms. The van der Waals surface area contributed by atoms with Crippen LogP contribution >= 0.6 is 24.0 Å². The minimum absolute atomic E-state index is 0. The second-order valence-corrected chi connectivity index (χ2v) is 8.08. The molecule has 6 heteroatoms. The minimum Gasteiger partial charge on any atom is -0.469 e. The van der Waals surface area contributed by atoms with Gasteiger partial charge in [0.15, 0.2) is 5.96 Å². The molecule has 1 saturated heterocycles. The SMILES string of the molecule is CC(NC(=NCCc1ccco1)NC1CCN(c2ccccc2)CC1)c1ccccc1.I. The molecule has 0 saturated carbocycles. The number of guanidine groups is 1. The number of hydrogen-bond acceptors (Lipinski definition) is 3. The summed E-state index contributed by atoms with van der Waals surface area (Å²) in [5.74, 6) is 1.84. The van der Waals surface area contributed by atoms with E-state index in [1.54, 1.807) is 6.26 Å². The average molecular weight is 544 g/mol. The third-order valence-electron chi connectivity index (χ3n) is 5.82. The van der Waals surface area contributed by atoms with E-state index in [0.717, 1.165) is 44.1 Å². The number of anilines is 1. The smallest absolute Gasteiger partial charge is 0.191 e. The van der Waals surface area contributed by atoms with Crippen molar-refractivity contribution in [3.05, 3.63) is 90.4 Å². The van der Waals surface area contributed by atoms with Crippen LogP contribution in [0.1, 0.15) is 37.1 Å². The highest BCUT2D eigenvalue weighted by atomic mass is 127. The molecule has 1 aliphatic heterocycles. The van der Waals surface area contributed by atoms with Gasteiger partial charge in [-0.05, 0) is 49.6 Å². The Morgan fingerprint density at radius 3 is 2.34 bits per heavy atom. The Labute approximate surface area is 208 Å². The van der Waals surface area contributed by atoms with Gasteiger partial charge in [0.25, 0.3) is 0 Å². The van der Waals surface area contributed by atoms with E-state index in [2.05, 4.69) is 77.1 Å². The van der Waals surface area contributed by atoms with E-state index in [-0.39, 0.29) is 30.0 Å². The Hall–Kier alpha value is -2.48. The molecule has 0 bridgehead atoms. The molecule has 4 rings (SSSR count). The normalized spacial score (nSPS) is 15.7. The predicted octanol–water partition coefficient (Wildman–Crippen LogP) is 5.41. The summed E-state index contributed by atoms with van der Waals surface area (Å²) in [6, 6.07) is 25.7. The maximum atomic E-state index is 5.45. The molecule has 2 aromatic carbocycles. The van der Waals surface area contributed by atoms with Crippen LogP contribution in [-0.2, 0) is 6.42 Å². The van der Waals surface area contributed by atoms with Crippen molar-refractivity contribution in [1.29, 1.82) is 0 Å².